The number of benzene rings is 1. The molecular formula is C19H27N5O8. The summed E-state index contributed by atoms with van der Waals surface area (Å²) in [7, 11) is 0. The van der Waals surface area contributed by atoms with Gasteiger partial charge in [0.05, 0.1) is 12.6 Å². The van der Waals surface area contributed by atoms with Gasteiger partial charge in [0.2, 0.25) is 23.6 Å². The number of primary amides is 1. The van der Waals surface area contributed by atoms with Crippen LogP contribution in [-0.4, -0.2) is 76.2 Å². The Morgan fingerprint density at radius 1 is 0.938 bits per heavy atom. The van der Waals surface area contributed by atoms with E-state index in [0.717, 1.165) is 0 Å². The summed E-state index contributed by atoms with van der Waals surface area (Å²) in [6.45, 7) is -1.54. The number of aromatic hydroxyl groups is 1. The number of aliphatic hydroxyl groups is 1. The Morgan fingerprint density at radius 2 is 1.53 bits per heavy atom. The highest BCUT2D eigenvalue weighted by molar-refractivity contribution is 5.94. The molecule has 3 unspecified atom stereocenters. The molecule has 13 heteroatoms. The maximum Gasteiger partial charge on any atom is 0.322 e. The van der Waals surface area contributed by atoms with Crippen LogP contribution < -0.4 is 27.4 Å². The van der Waals surface area contributed by atoms with E-state index in [1.807, 2.05) is 5.32 Å². The van der Waals surface area contributed by atoms with Crippen molar-refractivity contribution < 1.29 is 39.3 Å². The maximum atomic E-state index is 12.8. The van der Waals surface area contributed by atoms with E-state index >= 15 is 0 Å². The molecule has 10 N–H and O–H groups in total. The number of nitrogens with one attached hydrogen (secondary N) is 3. The molecule has 1 aromatic carbocycles. The number of phenols is 1. The van der Waals surface area contributed by atoms with E-state index in [4.69, 9.17) is 16.6 Å². The van der Waals surface area contributed by atoms with Gasteiger partial charge in [-0.2, -0.15) is 0 Å². The lowest BCUT2D eigenvalue weighted by Gasteiger charge is -2.23. The average Bonchev–Trinajstić information content (AvgIpc) is 2.74. The van der Waals surface area contributed by atoms with Gasteiger partial charge >= 0.3 is 5.97 Å². The SMILES string of the molecule is NC(=O)CCC(N)C(=O)NC(Cc1ccc(O)cc1)C(=O)NC(CO)C(=O)NCC(=O)O. The third kappa shape index (κ3) is 9.40. The van der Waals surface area contributed by atoms with Crippen molar-refractivity contribution in [2.75, 3.05) is 13.2 Å². The lowest BCUT2D eigenvalue weighted by molar-refractivity contribution is -0.139. The molecule has 1 rings (SSSR count). The number of aliphatic hydroxyl groups excluding tert-OH is 1. The molecule has 0 aliphatic heterocycles. The third-order valence-corrected chi connectivity index (χ3v) is 4.28. The summed E-state index contributed by atoms with van der Waals surface area (Å²) in [6.07, 6.45) is -0.249. The van der Waals surface area contributed by atoms with E-state index in [-0.39, 0.29) is 25.0 Å². The lowest BCUT2D eigenvalue weighted by Crippen LogP contribution is -2.57. The van der Waals surface area contributed by atoms with Crippen molar-refractivity contribution in [2.45, 2.75) is 37.4 Å². The van der Waals surface area contributed by atoms with Gasteiger partial charge in [-0.1, -0.05) is 12.1 Å². The number of hydrogen-bond donors (Lipinski definition) is 8. The molecule has 0 bridgehead atoms. The van der Waals surface area contributed by atoms with Crippen molar-refractivity contribution in [3.05, 3.63) is 29.8 Å². The second-order valence-electron chi connectivity index (χ2n) is 6.90. The topological polar surface area (TPSA) is 234 Å². The number of amides is 4. The highest BCUT2D eigenvalue weighted by atomic mass is 16.4. The summed E-state index contributed by atoms with van der Waals surface area (Å²) in [6, 6.07) is 1.93. The number of aliphatic carboxylic acids is 1. The Kier molecular flexibility index (Phi) is 10.6. The molecule has 32 heavy (non-hydrogen) atoms. The standard InChI is InChI=1S/C19H27N5O8/c20-12(5-6-15(21)27)17(30)23-13(7-10-1-3-11(26)4-2-10)19(32)24-14(9-25)18(31)22-8-16(28)29/h1-4,12-14,25-26H,5-9,20H2,(H2,21,27)(H,22,31)(H,23,30)(H,24,32)(H,28,29). The number of hydrogen-bond acceptors (Lipinski definition) is 8. The fourth-order valence-electron chi connectivity index (χ4n) is 2.54. The molecule has 13 nitrogen and oxygen atoms in total. The second kappa shape index (κ2) is 12.9. The highest BCUT2D eigenvalue weighted by Crippen LogP contribution is 2.12. The first kappa shape index (κ1) is 26.3. The van der Waals surface area contributed by atoms with Crippen LogP contribution in [-0.2, 0) is 30.4 Å². The summed E-state index contributed by atoms with van der Waals surface area (Å²) in [5.41, 5.74) is 11.3. The molecule has 3 atom stereocenters. The summed E-state index contributed by atoms with van der Waals surface area (Å²) in [5.74, 6) is -4.51. The van der Waals surface area contributed by atoms with Crippen LogP contribution in [0.4, 0.5) is 0 Å². The van der Waals surface area contributed by atoms with Crippen LogP contribution in [0, 0.1) is 0 Å². The molecule has 0 spiro atoms. The van der Waals surface area contributed by atoms with Crippen molar-refractivity contribution in [3.63, 3.8) is 0 Å². The maximum absolute atomic E-state index is 12.8. The first-order valence-corrected chi connectivity index (χ1v) is 9.56. The Morgan fingerprint density at radius 3 is 2.06 bits per heavy atom. The van der Waals surface area contributed by atoms with Crippen molar-refractivity contribution in [1.29, 1.82) is 0 Å². The summed E-state index contributed by atoms with van der Waals surface area (Å²) >= 11 is 0. The minimum atomic E-state index is -1.47. The zero-order valence-corrected chi connectivity index (χ0v) is 17.1. The number of carboxylic acids is 1. The van der Waals surface area contributed by atoms with Crippen molar-refractivity contribution in [3.8, 4) is 5.75 Å². The van der Waals surface area contributed by atoms with Gasteiger partial charge in [-0.15, -0.1) is 0 Å². The molecule has 1 aromatic rings. The number of carboxylic acid groups (broad SMARTS) is 1. The average molecular weight is 453 g/mol. The molecule has 0 saturated carbocycles. The predicted octanol–water partition coefficient (Wildman–Crippen LogP) is -3.31. The molecule has 0 aliphatic rings. The molecule has 0 heterocycles. The van der Waals surface area contributed by atoms with Gasteiger partial charge in [0.25, 0.3) is 0 Å². The van der Waals surface area contributed by atoms with Gasteiger partial charge in [-0.3, -0.25) is 24.0 Å². The van der Waals surface area contributed by atoms with E-state index in [0.29, 0.717) is 5.56 Å². The number of phenolic OH excluding ortho intramolecular Hbond substituents is 1. The van der Waals surface area contributed by atoms with E-state index in [1.165, 1.54) is 24.3 Å². The largest absolute Gasteiger partial charge is 0.508 e. The fourth-order valence-corrected chi connectivity index (χ4v) is 2.54. The van der Waals surface area contributed by atoms with Gasteiger partial charge in [0.15, 0.2) is 0 Å². The summed E-state index contributed by atoms with van der Waals surface area (Å²) in [5, 5.41) is 34.1. The van der Waals surface area contributed by atoms with Crippen LogP contribution in [0.2, 0.25) is 0 Å². The van der Waals surface area contributed by atoms with Gasteiger partial charge in [0.1, 0.15) is 24.4 Å². The number of rotatable bonds is 13. The predicted molar refractivity (Wildman–Crippen MR) is 110 cm³/mol. The Bertz CT molecular complexity index is 830. The first-order chi connectivity index (χ1) is 15.0. The number of carbonyl (C=O) groups excluding carboxylic acids is 4. The van der Waals surface area contributed by atoms with E-state index < -0.39 is 60.9 Å². The monoisotopic (exact) mass is 453 g/mol. The van der Waals surface area contributed by atoms with Crippen molar-refractivity contribution in [2.24, 2.45) is 11.5 Å². The lowest BCUT2D eigenvalue weighted by atomic mass is 10.0. The van der Waals surface area contributed by atoms with Crippen LogP contribution >= 0.6 is 0 Å². The smallest absolute Gasteiger partial charge is 0.322 e. The molecule has 0 aliphatic carbocycles. The zero-order valence-electron chi connectivity index (χ0n) is 17.1. The minimum Gasteiger partial charge on any atom is -0.508 e. The third-order valence-electron chi connectivity index (χ3n) is 4.28. The van der Waals surface area contributed by atoms with Crippen LogP contribution in [0.15, 0.2) is 24.3 Å². The summed E-state index contributed by atoms with van der Waals surface area (Å²) < 4.78 is 0. The molecule has 176 valence electrons. The van der Waals surface area contributed by atoms with Crippen LogP contribution in [0.1, 0.15) is 18.4 Å². The zero-order chi connectivity index (χ0) is 24.3. The number of carbonyl (C=O) groups is 5. The molecule has 4 amide bonds. The Hall–Kier alpha value is -3.71. The van der Waals surface area contributed by atoms with Gasteiger partial charge in [-0.25, -0.2) is 0 Å². The van der Waals surface area contributed by atoms with E-state index in [2.05, 4.69) is 10.6 Å². The molecule has 0 radical (unpaired) electrons. The van der Waals surface area contributed by atoms with Gasteiger partial charge in [-0.05, 0) is 24.1 Å². The number of nitrogens with two attached hydrogens (primary N) is 2. The molecule has 0 aromatic heterocycles. The van der Waals surface area contributed by atoms with E-state index in [9.17, 15) is 34.2 Å². The van der Waals surface area contributed by atoms with E-state index in [1.54, 1.807) is 0 Å². The Labute approximate surface area is 183 Å². The van der Waals surface area contributed by atoms with Gasteiger partial charge < -0.3 is 42.7 Å². The van der Waals surface area contributed by atoms with Crippen LogP contribution in [0.3, 0.4) is 0 Å². The van der Waals surface area contributed by atoms with Gasteiger partial charge in [0, 0.05) is 12.8 Å². The quantitative estimate of drug-likeness (QED) is 0.149. The molecular weight excluding hydrogens is 426 g/mol. The second-order valence-corrected chi connectivity index (χ2v) is 6.90. The Balaban J connectivity index is 2.94. The summed E-state index contributed by atoms with van der Waals surface area (Å²) in [4.78, 5) is 58.6. The van der Waals surface area contributed by atoms with Crippen LogP contribution in [0.25, 0.3) is 0 Å². The molecule has 0 fully saturated rings. The fraction of sp³-hybridized carbons (Fsp3) is 0.421. The normalized spacial score (nSPS) is 13.3. The van der Waals surface area contributed by atoms with Crippen molar-refractivity contribution >= 4 is 29.6 Å². The first-order valence-electron chi connectivity index (χ1n) is 9.56. The minimum absolute atomic E-state index is 0.0114. The highest BCUT2D eigenvalue weighted by Gasteiger charge is 2.28. The molecule has 0 saturated heterocycles. The van der Waals surface area contributed by atoms with Crippen molar-refractivity contribution in [1.82, 2.24) is 16.0 Å². The van der Waals surface area contributed by atoms with Crippen LogP contribution in [0.5, 0.6) is 5.75 Å².